The van der Waals surface area contributed by atoms with Crippen molar-refractivity contribution in [1.82, 2.24) is 0 Å². The Balaban J connectivity index is 3.03. The number of alkyl halides is 2. The van der Waals surface area contributed by atoms with Crippen LogP contribution in [0.3, 0.4) is 0 Å². The summed E-state index contributed by atoms with van der Waals surface area (Å²) in [7, 11) is -0.158. The van der Waals surface area contributed by atoms with Gasteiger partial charge in [0, 0.05) is 6.08 Å². The first-order valence-electron chi connectivity index (χ1n) is 9.97. The molecule has 0 amide bonds. The highest BCUT2D eigenvalue weighted by Crippen LogP contribution is 2.13. The quantitative estimate of drug-likeness (QED) is 0.111. The number of unbranched alkanes of at least 4 members (excludes halogenated alkanes) is 13. The number of ether oxygens (including phenoxy) is 1. The third-order valence-electron chi connectivity index (χ3n) is 4.28. The maximum absolute atomic E-state index is 12.0. The number of halogens is 2. The molecule has 0 aliphatic rings. The molecule has 146 valence electrons. The summed E-state index contributed by atoms with van der Waals surface area (Å²) >= 11 is 0. The van der Waals surface area contributed by atoms with Crippen LogP contribution >= 0.6 is 0 Å². The summed E-state index contributed by atoms with van der Waals surface area (Å²) in [6, 6.07) is -1.39. The van der Waals surface area contributed by atoms with E-state index in [4.69, 9.17) is 4.74 Å². The second kappa shape index (κ2) is 19.6. The van der Waals surface area contributed by atoms with E-state index in [1.165, 1.54) is 70.3 Å². The molecule has 0 aromatic carbocycles. The van der Waals surface area contributed by atoms with Crippen molar-refractivity contribution in [2.45, 2.75) is 102 Å². The van der Waals surface area contributed by atoms with E-state index < -0.39 is 6.05 Å². The van der Waals surface area contributed by atoms with Crippen LogP contribution in [-0.2, 0) is 9.53 Å². The molecule has 0 aromatic heterocycles. The van der Waals surface area contributed by atoms with Crippen LogP contribution in [0.15, 0.2) is 12.7 Å². The van der Waals surface area contributed by atoms with Gasteiger partial charge in [0.25, 0.3) is 0 Å². The fourth-order valence-corrected chi connectivity index (χ4v) is 3.46. The van der Waals surface area contributed by atoms with Crippen LogP contribution in [0.5, 0.6) is 0 Å². The molecule has 2 nitrogen and oxygen atoms in total. The van der Waals surface area contributed by atoms with Crippen LogP contribution < -0.4 is 0 Å². The Labute approximate surface area is 155 Å². The number of rotatable bonds is 19. The van der Waals surface area contributed by atoms with Gasteiger partial charge in [0.05, 0.1) is 6.61 Å². The van der Waals surface area contributed by atoms with Crippen LogP contribution in [0.2, 0.25) is 6.04 Å². The van der Waals surface area contributed by atoms with Crippen LogP contribution in [0, 0.1) is 0 Å². The van der Waals surface area contributed by atoms with Crippen LogP contribution in [-0.4, -0.2) is 28.1 Å². The van der Waals surface area contributed by atoms with Crippen LogP contribution in [0.25, 0.3) is 0 Å². The Bertz CT molecular complexity index is 312. The van der Waals surface area contributed by atoms with Crippen molar-refractivity contribution in [2.24, 2.45) is 0 Å². The van der Waals surface area contributed by atoms with Crippen LogP contribution in [0.1, 0.15) is 89.9 Å². The summed E-state index contributed by atoms with van der Waals surface area (Å²) in [5.74, 6) is -0.327. The first kappa shape index (κ1) is 24.3. The van der Waals surface area contributed by atoms with Crippen molar-refractivity contribution < 1.29 is 18.3 Å². The molecule has 0 aromatic rings. The molecule has 0 unspecified atom stereocenters. The zero-order valence-corrected chi connectivity index (χ0v) is 16.7. The highest BCUT2D eigenvalue weighted by Gasteiger charge is 2.02. The highest BCUT2D eigenvalue weighted by molar-refractivity contribution is 6.36. The minimum absolute atomic E-state index is 0.158. The predicted molar refractivity (Wildman–Crippen MR) is 102 cm³/mol. The Kier molecular flexibility index (Phi) is 19.1. The second-order valence-electron chi connectivity index (χ2n) is 6.58. The molecule has 2 radical (unpaired) electrons. The van der Waals surface area contributed by atoms with Gasteiger partial charge in [-0.25, -0.2) is 13.6 Å². The maximum Gasteiger partial charge on any atom is 0.330 e. The van der Waals surface area contributed by atoms with Gasteiger partial charge in [-0.2, -0.15) is 0 Å². The van der Waals surface area contributed by atoms with Gasteiger partial charge in [-0.05, 0) is 6.42 Å². The monoisotopic (exact) mass is 374 g/mol. The SMILES string of the molecule is C=CC(=O)OCCCCCCCCCCCCCCCC[Si]C(F)F. The van der Waals surface area contributed by atoms with Gasteiger partial charge in [-0.15, -0.1) is 0 Å². The summed E-state index contributed by atoms with van der Waals surface area (Å²) < 4.78 is 28.9. The highest BCUT2D eigenvalue weighted by atomic mass is 28.2. The minimum Gasteiger partial charge on any atom is -0.463 e. The molecule has 25 heavy (non-hydrogen) atoms. The fraction of sp³-hybridized carbons (Fsp3) is 0.850. The van der Waals surface area contributed by atoms with Crippen LogP contribution in [0.4, 0.5) is 8.78 Å². The molecule has 0 heterocycles. The van der Waals surface area contributed by atoms with E-state index in [1.54, 1.807) is 0 Å². The lowest BCUT2D eigenvalue weighted by molar-refractivity contribution is -0.137. The second-order valence-corrected chi connectivity index (χ2v) is 7.92. The Hall–Kier alpha value is -0.713. The molecule has 0 saturated carbocycles. The van der Waals surface area contributed by atoms with E-state index in [9.17, 15) is 13.6 Å². The minimum atomic E-state index is -2.10. The molecular weight excluding hydrogens is 338 g/mol. The molecule has 0 aliphatic carbocycles. The summed E-state index contributed by atoms with van der Waals surface area (Å²) in [4.78, 5) is 10.8. The molecule has 0 saturated heterocycles. The Morgan fingerprint density at radius 3 is 1.60 bits per heavy atom. The first-order chi connectivity index (χ1) is 12.2. The molecular formula is C20H36F2O2Si. The average molecular weight is 375 g/mol. The zero-order valence-electron chi connectivity index (χ0n) is 15.7. The lowest BCUT2D eigenvalue weighted by Gasteiger charge is -2.04. The fourth-order valence-electron chi connectivity index (χ4n) is 2.79. The number of carbonyl (C=O) groups excluding carboxylic acids is 1. The van der Waals surface area contributed by atoms with E-state index in [0.29, 0.717) is 12.7 Å². The topological polar surface area (TPSA) is 26.3 Å². The molecule has 0 rings (SSSR count). The molecule has 0 atom stereocenters. The van der Waals surface area contributed by atoms with Gasteiger partial charge in [-0.3, -0.25) is 0 Å². The van der Waals surface area contributed by atoms with Crippen molar-refractivity contribution >= 4 is 15.5 Å². The molecule has 0 spiro atoms. The number of carbonyl (C=O) groups is 1. The summed E-state index contributed by atoms with van der Waals surface area (Å²) in [5.41, 5.74) is 0. The summed E-state index contributed by atoms with van der Waals surface area (Å²) in [6.45, 7) is 3.88. The average Bonchev–Trinajstić information content (AvgIpc) is 2.60. The molecule has 0 aliphatic heterocycles. The van der Waals surface area contributed by atoms with Gasteiger partial charge in [0.1, 0.15) is 9.52 Å². The van der Waals surface area contributed by atoms with E-state index in [1.807, 2.05) is 0 Å². The van der Waals surface area contributed by atoms with Gasteiger partial charge in [0.2, 0.25) is 6.05 Å². The largest absolute Gasteiger partial charge is 0.463 e. The third-order valence-corrected chi connectivity index (χ3v) is 5.23. The van der Waals surface area contributed by atoms with Gasteiger partial charge >= 0.3 is 5.97 Å². The van der Waals surface area contributed by atoms with Gasteiger partial charge in [0.15, 0.2) is 0 Å². The van der Waals surface area contributed by atoms with E-state index in [0.717, 1.165) is 25.7 Å². The molecule has 5 heteroatoms. The van der Waals surface area contributed by atoms with E-state index in [2.05, 4.69) is 6.58 Å². The van der Waals surface area contributed by atoms with Crippen molar-refractivity contribution in [2.75, 3.05) is 6.61 Å². The Morgan fingerprint density at radius 1 is 0.800 bits per heavy atom. The van der Waals surface area contributed by atoms with Crippen molar-refractivity contribution in [1.29, 1.82) is 0 Å². The Morgan fingerprint density at radius 2 is 1.20 bits per heavy atom. The number of esters is 1. The van der Waals surface area contributed by atoms with E-state index in [-0.39, 0.29) is 15.5 Å². The predicted octanol–water partition coefficient (Wildman–Crippen LogP) is 6.52. The zero-order chi connectivity index (χ0) is 18.6. The number of hydrogen-bond donors (Lipinski definition) is 0. The normalized spacial score (nSPS) is 11.0. The number of hydrogen-bond acceptors (Lipinski definition) is 2. The third kappa shape index (κ3) is 21.2. The van der Waals surface area contributed by atoms with Crippen molar-refractivity contribution in [3.05, 3.63) is 12.7 Å². The molecule has 0 N–H and O–H groups in total. The lowest BCUT2D eigenvalue weighted by atomic mass is 10.0. The van der Waals surface area contributed by atoms with Gasteiger partial charge in [-0.1, -0.05) is 96.1 Å². The first-order valence-corrected chi connectivity index (χ1v) is 11.3. The molecule has 0 bridgehead atoms. The standard InChI is InChI=1S/C20H36F2O2Si/c1-2-19(23)24-17-15-13-11-9-7-5-3-4-6-8-10-12-14-16-18-25-20(21)22/h2,20H,1,3-18H2. The lowest BCUT2D eigenvalue weighted by Crippen LogP contribution is -2.02. The maximum atomic E-state index is 12.0. The summed E-state index contributed by atoms with van der Waals surface area (Å²) in [5, 5.41) is 0. The van der Waals surface area contributed by atoms with E-state index >= 15 is 0 Å². The van der Waals surface area contributed by atoms with Gasteiger partial charge < -0.3 is 4.74 Å². The summed E-state index contributed by atoms with van der Waals surface area (Å²) in [6.07, 6.45) is 18.2. The molecule has 0 fully saturated rings. The van der Waals surface area contributed by atoms with Crippen molar-refractivity contribution in [3.8, 4) is 0 Å². The van der Waals surface area contributed by atoms with Crippen molar-refractivity contribution in [3.63, 3.8) is 0 Å². The smallest absolute Gasteiger partial charge is 0.330 e.